The van der Waals surface area contributed by atoms with Gasteiger partial charge in [0.1, 0.15) is 0 Å². The molecular formula is C26H49NO6. The molecule has 0 aliphatic heterocycles. The van der Waals surface area contributed by atoms with E-state index >= 15 is 0 Å². The zero-order chi connectivity index (χ0) is 24.6. The Hall–Kier alpha value is -1.63. The van der Waals surface area contributed by atoms with Crippen LogP contribution in [0.3, 0.4) is 0 Å². The first-order chi connectivity index (χ1) is 16.0. The van der Waals surface area contributed by atoms with Gasteiger partial charge >= 0.3 is 11.9 Å². The predicted molar refractivity (Wildman–Crippen MR) is 131 cm³/mol. The van der Waals surface area contributed by atoms with E-state index in [1.54, 1.807) is 4.90 Å². The number of unbranched alkanes of at least 4 members (excludes halogenated alkanes) is 10. The van der Waals surface area contributed by atoms with Crippen molar-refractivity contribution in [3.63, 3.8) is 0 Å². The fourth-order valence-corrected chi connectivity index (χ4v) is 3.51. The highest BCUT2D eigenvalue weighted by molar-refractivity contribution is 5.81. The lowest BCUT2D eigenvalue weighted by molar-refractivity contribution is -0.145. The van der Waals surface area contributed by atoms with Crippen molar-refractivity contribution >= 4 is 17.8 Å². The van der Waals surface area contributed by atoms with Crippen LogP contribution in [0.15, 0.2) is 0 Å². The van der Waals surface area contributed by atoms with Crippen molar-refractivity contribution in [1.82, 2.24) is 4.90 Å². The largest absolute Gasteiger partial charge is 0.481 e. The zero-order valence-corrected chi connectivity index (χ0v) is 21.3. The number of carbonyl (C=O) groups is 3. The van der Waals surface area contributed by atoms with Crippen molar-refractivity contribution in [3.8, 4) is 0 Å². The summed E-state index contributed by atoms with van der Waals surface area (Å²) in [5.74, 6) is -1.54. The molecule has 0 aromatic carbocycles. The smallest absolute Gasteiger partial charge is 0.307 e. The fourth-order valence-electron chi connectivity index (χ4n) is 3.51. The van der Waals surface area contributed by atoms with Gasteiger partial charge in [-0.25, -0.2) is 0 Å². The van der Waals surface area contributed by atoms with Gasteiger partial charge in [-0.15, -0.1) is 0 Å². The fraction of sp³-hybridized carbons (Fsp3) is 0.885. The second kappa shape index (κ2) is 23.5. The number of carbonyl (C=O) groups excluding carboxylic acids is 2. The second-order valence-corrected chi connectivity index (χ2v) is 8.75. The molecule has 0 bridgehead atoms. The van der Waals surface area contributed by atoms with Gasteiger partial charge in [-0.1, -0.05) is 78.1 Å². The number of esters is 1. The van der Waals surface area contributed by atoms with Crippen LogP contribution in [0, 0.1) is 0 Å². The molecule has 0 spiro atoms. The van der Waals surface area contributed by atoms with Gasteiger partial charge in [-0.2, -0.15) is 0 Å². The van der Waals surface area contributed by atoms with E-state index in [9.17, 15) is 14.4 Å². The Morgan fingerprint density at radius 2 is 1.21 bits per heavy atom. The van der Waals surface area contributed by atoms with Crippen LogP contribution in [-0.2, 0) is 23.9 Å². The quantitative estimate of drug-likeness (QED) is 0.142. The van der Waals surface area contributed by atoms with Crippen LogP contribution < -0.4 is 0 Å². The molecule has 7 heteroatoms. The molecule has 0 radical (unpaired) electrons. The van der Waals surface area contributed by atoms with Gasteiger partial charge < -0.3 is 19.5 Å². The average molecular weight is 472 g/mol. The molecule has 0 aliphatic rings. The van der Waals surface area contributed by atoms with Gasteiger partial charge in [0.2, 0.25) is 5.91 Å². The first-order valence-corrected chi connectivity index (χ1v) is 13.2. The van der Waals surface area contributed by atoms with E-state index in [-0.39, 0.29) is 37.7 Å². The molecule has 0 heterocycles. The number of hydrogen-bond acceptors (Lipinski definition) is 5. The minimum atomic E-state index is -0.998. The Kier molecular flexibility index (Phi) is 22.4. The predicted octanol–water partition coefficient (Wildman–Crippen LogP) is 5.74. The van der Waals surface area contributed by atoms with Gasteiger partial charge in [0.15, 0.2) is 0 Å². The summed E-state index contributed by atoms with van der Waals surface area (Å²) in [5, 5.41) is 8.83. The SMILES string of the molecule is CCCCCCCCCCCCOC(=O)CCN(CCCOCCCC)C(=O)CCC(=O)O. The highest BCUT2D eigenvalue weighted by atomic mass is 16.5. The van der Waals surface area contributed by atoms with Gasteiger partial charge in [0.05, 0.1) is 19.4 Å². The third kappa shape index (κ3) is 22.0. The molecule has 0 saturated heterocycles. The molecule has 0 aliphatic carbocycles. The van der Waals surface area contributed by atoms with E-state index < -0.39 is 5.97 Å². The molecule has 0 saturated carbocycles. The Morgan fingerprint density at radius 3 is 1.82 bits per heavy atom. The number of ether oxygens (including phenoxy) is 2. The molecule has 0 atom stereocenters. The second-order valence-electron chi connectivity index (χ2n) is 8.75. The summed E-state index contributed by atoms with van der Waals surface area (Å²) in [6, 6.07) is 0. The molecular weight excluding hydrogens is 422 g/mol. The molecule has 7 nitrogen and oxygen atoms in total. The van der Waals surface area contributed by atoms with Gasteiger partial charge in [-0.05, 0) is 19.3 Å². The van der Waals surface area contributed by atoms with Gasteiger partial charge in [0, 0.05) is 32.7 Å². The first kappa shape index (κ1) is 31.4. The van der Waals surface area contributed by atoms with Crippen LogP contribution in [0.25, 0.3) is 0 Å². The maximum absolute atomic E-state index is 12.4. The van der Waals surface area contributed by atoms with Crippen LogP contribution >= 0.6 is 0 Å². The molecule has 194 valence electrons. The Balaban J connectivity index is 3.98. The Labute approximate surface area is 201 Å². The third-order valence-corrected chi connectivity index (χ3v) is 5.61. The maximum Gasteiger partial charge on any atom is 0.307 e. The molecule has 0 aromatic rings. The molecule has 1 amide bonds. The minimum absolute atomic E-state index is 0.0559. The van der Waals surface area contributed by atoms with E-state index in [0.717, 1.165) is 25.7 Å². The van der Waals surface area contributed by atoms with E-state index in [2.05, 4.69) is 13.8 Å². The van der Waals surface area contributed by atoms with Crippen LogP contribution in [0.2, 0.25) is 0 Å². The zero-order valence-electron chi connectivity index (χ0n) is 21.3. The highest BCUT2D eigenvalue weighted by Crippen LogP contribution is 2.10. The number of carboxylic acid groups (broad SMARTS) is 1. The maximum atomic E-state index is 12.4. The number of nitrogens with zero attached hydrogens (tertiary/aromatic N) is 1. The standard InChI is InChI=1S/C26H49NO6/c1-3-5-7-8-9-10-11-12-13-14-23-33-26(31)18-20-27(24(28)16-17-25(29)30)19-15-22-32-21-6-4-2/h3-23H2,1-2H3,(H,29,30). The number of carboxylic acids is 1. The summed E-state index contributed by atoms with van der Waals surface area (Å²) in [4.78, 5) is 36.8. The van der Waals surface area contributed by atoms with Crippen molar-refractivity contribution in [1.29, 1.82) is 0 Å². The lowest BCUT2D eigenvalue weighted by atomic mass is 10.1. The van der Waals surface area contributed by atoms with Crippen LogP contribution in [-0.4, -0.2) is 60.8 Å². The normalized spacial score (nSPS) is 10.8. The Morgan fingerprint density at radius 1 is 0.636 bits per heavy atom. The summed E-state index contributed by atoms with van der Waals surface area (Å²) in [5.41, 5.74) is 0. The lowest BCUT2D eigenvalue weighted by Gasteiger charge is -2.22. The Bertz CT molecular complexity index is 497. The monoisotopic (exact) mass is 471 g/mol. The van der Waals surface area contributed by atoms with Crippen LogP contribution in [0.4, 0.5) is 0 Å². The number of amides is 1. The van der Waals surface area contributed by atoms with Crippen molar-refractivity contribution < 1.29 is 29.0 Å². The number of rotatable bonds is 24. The van der Waals surface area contributed by atoms with E-state index in [0.29, 0.717) is 32.8 Å². The minimum Gasteiger partial charge on any atom is -0.481 e. The van der Waals surface area contributed by atoms with Crippen molar-refractivity contribution in [2.75, 3.05) is 32.9 Å². The van der Waals surface area contributed by atoms with E-state index in [4.69, 9.17) is 14.6 Å². The molecule has 0 aromatic heterocycles. The van der Waals surface area contributed by atoms with Gasteiger partial charge in [0.25, 0.3) is 0 Å². The topological polar surface area (TPSA) is 93.1 Å². The summed E-state index contributed by atoms with van der Waals surface area (Å²) < 4.78 is 10.8. The third-order valence-electron chi connectivity index (χ3n) is 5.61. The van der Waals surface area contributed by atoms with Crippen molar-refractivity contribution in [2.45, 2.75) is 117 Å². The molecule has 0 unspecified atom stereocenters. The van der Waals surface area contributed by atoms with Gasteiger partial charge in [-0.3, -0.25) is 14.4 Å². The summed E-state index contributed by atoms with van der Waals surface area (Å²) in [6.07, 6.45) is 14.9. The molecule has 0 fully saturated rings. The van der Waals surface area contributed by atoms with E-state index in [1.165, 1.54) is 51.4 Å². The van der Waals surface area contributed by atoms with Crippen LogP contribution in [0.5, 0.6) is 0 Å². The summed E-state index contributed by atoms with van der Waals surface area (Å²) >= 11 is 0. The van der Waals surface area contributed by atoms with Crippen LogP contribution in [0.1, 0.15) is 117 Å². The van der Waals surface area contributed by atoms with E-state index in [1.807, 2.05) is 0 Å². The molecule has 0 rings (SSSR count). The summed E-state index contributed by atoms with van der Waals surface area (Å²) in [7, 11) is 0. The molecule has 1 N–H and O–H groups in total. The number of hydrogen-bond donors (Lipinski definition) is 1. The van der Waals surface area contributed by atoms with Crippen molar-refractivity contribution in [2.24, 2.45) is 0 Å². The highest BCUT2D eigenvalue weighted by Gasteiger charge is 2.16. The number of aliphatic carboxylic acids is 1. The first-order valence-electron chi connectivity index (χ1n) is 13.2. The van der Waals surface area contributed by atoms with Crippen molar-refractivity contribution in [3.05, 3.63) is 0 Å². The summed E-state index contributed by atoms with van der Waals surface area (Å²) in [6.45, 7) is 6.72. The lowest BCUT2D eigenvalue weighted by Crippen LogP contribution is -2.35. The molecule has 33 heavy (non-hydrogen) atoms. The average Bonchev–Trinajstić information content (AvgIpc) is 2.80.